The maximum atomic E-state index is 12.2. The molecule has 0 aliphatic carbocycles. The van der Waals surface area contributed by atoms with E-state index in [9.17, 15) is 13.2 Å². The number of methoxy groups -OCH3 is 1. The first kappa shape index (κ1) is 16.5. The zero-order valence-electron chi connectivity index (χ0n) is 11.7. The molecule has 116 valence electrons. The zero-order chi connectivity index (χ0) is 16.2. The molecule has 1 amide bonds. The van der Waals surface area contributed by atoms with Crippen LogP contribution in [0, 0.1) is 0 Å². The van der Waals surface area contributed by atoms with Gasteiger partial charge >= 0.3 is 0 Å². The summed E-state index contributed by atoms with van der Waals surface area (Å²) >= 11 is 3.24. The van der Waals surface area contributed by atoms with Gasteiger partial charge in [0.1, 0.15) is 11.5 Å². The molecule has 0 saturated carbocycles. The second-order valence-corrected chi connectivity index (χ2v) is 7.37. The molecule has 0 fully saturated rings. The number of nitrogens with one attached hydrogen (secondary N) is 1. The molecule has 0 unspecified atom stereocenters. The van der Waals surface area contributed by atoms with Crippen molar-refractivity contribution in [2.75, 3.05) is 18.2 Å². The Hall–Kier alpha value is -1.86. The first-order valence-corrected chi connectivity index (χ1v) is 8.78. The summed E-state index contributed by atoms with van der Waals surface area (Å²) in [6.45, 7) is 0. The monoisotopic (exact) mass is 383 g/mol. The van der Waals surface area contributed by atoms with Crippen molar-refractivity contribution in [3.63, 3.8) is 0 Å². The van der Waals surface area contributed by atoms with E-state index in [4.69, 9.17) is 4.74 Å². The lowest BCUT2D eigenvalue weighted by molar-refractivity contribution is -0.113. The number of amides is 1. The quantitative estimate of drug-likeness (QED) is 0.861. The maximum absolute atomic E-state index is 12.2. The molecule has 0 radical (unpaired) electrons. The number of carbonyl (C=O) groups excluding carboxylic acids is 1. The number of benzene rings is 2. The van der Waals surface area contributed by atoms with Gasteiger partial charge in [0.05, 0.1) is 17.7 Å². The molecular weight excluding hydrogens is 370 g/mol. The molecule has 0 heterocycles. The second-order valence-electron chi connectivity index (χ2n) is 4.46. The highest BCUT2D eigenvalue weighted by Gasteiger charge is 2.20. The third kappa shape index (κ3) is 4.08. The first-order valence-electron chi connectivity index (χ1n) is 6.33. The number of ether oxygens (including phenoxy) is 1. The summed E-state index contributed by atoms with van der Waals surface area (Å²) < 4.78 is 30.3. The summed E-state index contributed by atoms with van der Waals surface area (Å²) in [7, 11) is -2.21. The first-order chi connectivity index (χ1) is 10.4. The van der Waals surface area contributed by atoms with Crippen LogP contribution >= 0.6 is 15.9 Å². The van der Waals surface area contributed by atoms with Crippen LogP contribution in [0.2, 0.25) is 0 Å². The van der Waals surface area contributed by atoms with E-state index < -0.39 is 21.5 Å². The fourth-order valence-electron chi connectivity index (χ4n) is 1.83. The van der Waals surface area contributed by atoms with E-state index in [0.717, 1.165) is 4.47 Å². The smallest absolute Gasteiger partial charge is 0.240 e. The van der Waals surface area contributed by atoms with Crippen molar-refractivity contribution in [1.29, 1.82) is 0 Å². The van der Waals surface area contributed by atoms with E-state index in [1.807, 2.05) is 0 Å². The molecule has 5 nitrogen and oxygen atoms in total. The minimum atomic E-state index is -3.69. The highest BCUT2D eigenvalue weighted by molar-refractivity contribution is 9.10. The standard InChI is InChI=1S/C15H14BrNO4S/c1-21-14-5-3-2-4-13(14)17-15(18)10-22(19,20)12-8-6-11(16)7-9-12/h2-9H,10H2,1H3,(H,17,18). The average Bonchev–Trinajstić information content (AvgIpc) is 2.47. The van der Waals surface area contributed by atoms with E-state index >= 15 is 0 Å². The molecule has 0 aliphatic rings. The lowest BCUT2D eigenvalue weighted by atomic mass is 10.3. The Morgan fingerprint density at radius 1 is 1.14 bits per heavy atom. The molecule has 2 aromatic carbocycles. The second kappa shape index (κ2) is 6.93. The minimum absolute atomic E-state index is 0.103. The molecule has 0 aliphatic heterocycles. The lowest BCUT2D eigenvalue weighted by Crippen LogP contribution is -2.23. The van der Waals surface area contributed by atoms with Crippen LogP contribution in [0.5, 0.6) is 5.75 Å². The highest BCUT2D eigenvalue weighted by atomic mass is 79.9. The minimum Gasteiger partial charge on any atom is -0.495 e. The number of para-hydroxylation sites is 2. The summed E-state index contributed by atoms with van der Waals surface area (Å²) in [5.41, 5.74) is 0.431. The molecule has 22 heavy (non-hydrogen) atoms. The van der Waals surface area contributed by atoms with Gasteiger partial charge < -0.3 is 10.1 Å². The topological polar surface area (TPSA) is 72.5 Å². The van der Waals surface area contributed by atoms with E-state index in [-0.39, 0.29) is 4.90 Å². The van der Waals surface area contributed by atoms with Crippen molar-refractivity contribution in [2.24, 2.45) is 0 Å². The van der Waals surface area contributed by atoms with E-state index in [1.54, 1.807) is 36.4 Å². The Morgan fingerprint density at radius 2 is 1.77 bits per heavy atom. The van der Waals surface area contributed by atoms with Gasteiger partial charge in [0.15, 0.2) is 9.84 Å². The van der Waals surface area contributed by atoms with Crippen LogP contribution in [0.4, 0.5) is 5.69 Å². The molecular formula is C15H14BrNO4S. The predicted molar refractivity (Wildman–Crippen MR) is 87.8 cm³/mol. The van der Waals surface area contributed by atoms with Crippen molar-refractivity contribution in [3.05, 3.63) is 53.0 Å². The fourth-order valence-corrected chi connectivity index (χ4v) is 3.23. The molecule has 0 aromatic heterocycles. The molecule has 0 saturated heterocycles. The summed E-state index contributed by atoms with van der Waals surface area (Å²) in [6.07, 6.45) is 0. The SMILES string of the molecule is COc1ccccc1NC(=O)CS(=O)(=O)c1ccc(Br)cc1. The Balaban J connectivity index is 2.13. The third-order valence-electron chi connectivity index (χ3n) is 2.87. The normalized spacial score (nSPS) is 11.0. The molecule has 0 spiro atoms. The van der Waals surface area contributed by atoms with Gasteiger partial charge in [-0.25, -0.2) is 8.42 Å². The van der Waals surface area contributed by atoms with E-state index in [0.29, 0.717) is 11.4 Å². The van der Waals surface area contributed by atoms with Crippen molar-refractivity contribution in [3.8, 4) is 5.75 Å². The number of anilines is 1. The van der Waals surface area contributed by atoms with Gasteiger partial charge in [-0.1, -0.05) is 28.1 Å². The van der Waals surface area contributed by atoms with Crippen molar-refractivity contribution in [2.45, 2.75) is 4.90 Å². The highest BCUT2D eigenvalue weighted by Crippen LogP contribution is 2.23. The van der Waals surface area contributed by atoms with E-state index in [1.165, 1.54) is 19.2 Å². The molecule has 0 atom stereocenters. The van der Waals surface area contributed by atoms with Crippen LogP contribution in [0.15, 0.2) is 57.9 Å². The van der Waals surface area contributed by atoms with Gasteiger partial charge in [-0.15, -0.1) is 0 Å². The number of rotatable bonds is 5. The fraction of sp³-hybridized carbons (Fsp3) is 0.133. The number of halogens is 1. The molecule has 2 aromatic rings. The predicted octanol–water partition coefficient (Wildman–Crippen LogP) is 2.87. The van der Waals surface area contributed by atoms with Gasteiger partial charge in [-0.3, -0.25) is 4.79 Å². The number of hydrogen-bond acceptors (Lipinski definition) is 4. The van der Waals surface area contributed by atoms with E-state index in [2.05, 4.69) is 21.2 Å². The summed E-state index contributed by atoms with van der Waals surface area (Å²) in [4.78, 5) is 12.1. The molecule has 7 heteroatoms. The van der Waals surface area contributed by atoms with Gasteiger partial charge in [0.2, 0.25) is 5.91 Å². The van der Waals surface area contributed by atoms with Gasteiger partial charge in [-0.2, -0.15) is 0 Å². The van der Waals surface area contributed by atoms with Crippen molar-refractivity contribution >= 4 is 37.4 Å². The Kier molecular flexibility index (Phi) is 5.20. The van der Waals surface area contributed by atoms with Crippen LogP contribution in [-0.2, 0) is 14.6 Å². The Labute approximate surface area is 137 Å². The largest absolute Gasteiger partial charge is 0.495 e. The van der Waals surface area contributed by atoms with Crippen LogP contribution in [0.25, 0.3) is 0 Å². The van der Waals surface area contributed by atoms with Crippen LogP contribution < -0.4 is 10.1 Å². The average molecular weight is 384 g/mol. The number of carbonyl (C=O) groups is 1. The third-order valence-corrected chi connectivity index (χ3v) is 5.04. The van der Waals surface area contributed by atoms with Crippen LogP contribution in [-0.4, -0.2) is 27.2 Å². The summed E-state index contributed by atoms with van der Waals surface area (Å²) in [5.74, 6) is -0.781. The van der Waals surface area contributed by atoms with Gasteiger partial charge in [0.25, 0.3) is 0 Å². The number of sulfone groups is 1. The van der Waals surface area contributed by atoms with Crippen molar-refractivity contribution in [1.82, 2.24) is 0 Å². The molecule has 2 rings (SSSR count). The Bertz CT molecular complexity index is 772. The molecule has 1 N–H and O–H groups in total. The summed E-state index contributed by atoms with van der Waals surface area (Å²) in [6, 6.07) is 12.9. The zero-order valence-corrected chi connectivity index (χ0v) is 14.1. The van der Waals surface area contributed by atoms with Crippen molar-refractivity contribution < 1.29 is 17.9 Å². The van der Waals surface area contributed by atoms with Crippen LogP contribution in [0.1, 0.15) is 0 Å². The maximum Gasteiger partial charge on any atom is 0.240 e. The number of hydrogen-bond donors (Lipinski definition) is 1. The van der Waals surface area contributed by atoms with Gasteiger partial charge in [0, 0.05) is 4.47 Å². The Morgan fingerprint density at radius 3 is 2.41 bits per heavy atom. The lowest BCUT2D eigenvalue weighted by Gasteiger charge is -2.10. The summed E-state index contributed by atoms with van der Waals surface area (Å²) in [5, 5.41) is 2.55. The van der Waals surface area contributed by atoms with Gasteiger partial charge in [-0.05, 0) is 36.4 Å². The van der Waals surface area contributed by atoms with Crippen LogP contribution in [0.3, 0.4) is 0 Å². The molecule has 0 bridgehead atoms.